The number of Topliss-reactive ketones (excluding diaryl/α,β-unsaturated/α-hetero) is 1. The Labute approximate surface area is 603 Å². The number of esters is 2. The fraction of sp³-hybridized carbons (Fsp3) is 0.875. The number of ketones is 1. The van der Waals surface area contributed by atoms with Gasteiger partial charge in [-0.3, -0.25) is 43.2 Å². The Kier molecular flexibility index (Phi) is 70.7. The van der Waals surface area contributed by atoms with E-state index in [1.807, 2.05) is 0 Å². The molecule has 584 valence electrons. The highest BCUT2D eigenvalue weighted by Gasteiger charge is 2.26. The van der Waals surface area contributed by atoms with Gasteiger partial charge in [0, 0.05) is 77.3 Å². The van der Waals surface area contributed by atoms with Crippen molar-refractivity contribution in [2.75, 3.05) is 163 Å². The van der Waals surface area contributed by atoms with Crippen LogP contribution in [0.4, 0.5) is 0 Å². The number of amides is 6. The van der Waals surface area contributed by atoms with Gasteiger partial charge in [0.15, 0.2) is 5.78 Å². The van der Waals surface area contributed by atoms with Gasteiger partial charge in [-0.15, -0.1) is 0 Å². The van der Waals surface area contributed by atoms with Crippen LogP contribution in [0.25, 0.3) is 0 Å². The molecule has 0 fully saturated rings. The van der Waals surface area contributed by atoms with Gasteiger partial charge >= 0.3 is 11.9 Å². The Morgan fingerprint density at radius 3 is 1.20 bits per heavy atom. The number of nitrogens with one attached hydrogen (secondary N) is 6. The van der Waals surface area contributed by atoms with Crippen molar-refractivity contribution in [3.63, 3.8) is 0 Å². The van der Waals surface area contributed by atoms with E-state index in [0.29, 0.717) is 124 Å². The van der Waals surface area contributed by atoms with Crippen LogP contribution in [-0.2, 0) is 90.5 Å². The predicted octanol–water partition coefficient (Wildman–Crippen LogP) is 6.80. The summed E-state index contributed by atoms with van der Waals surface area (Å²) in [6.45, 7) is 8.72. The number of hydrogen-bond acceptors (Lipinski definition) is 22. The SMILES string of the molecule is CCCCCCCCCCCCCCCC(=O)OC[C@H](CSC[C@H](NC(=O)COCC(=O)NCCCOCCOCCOCCCNC(C)=O)C(=O)NCC(=O)N[C@H](CO)C(=O)COCC(=O)NCCCOCCOCCOCCCN)OC(=O)CCCCCCCCCCCCCCC. The van der Waals surface area contributed by atoms with E-state index in [2.05, 4.69) is 45.7 Å². The van der Waals surface area contributed by atoms with Gasteiger partial charge < -0.3 is 90.1 Å². The van der Waals surface area contributed by atoms with Gasteiger partial charge in [0.1, 0.15) is 51.2 Å². The normalized spacial score (nSPS) is 12.1. The minimum absolute atomic E-state index is 0.0641. The monoisotopic (exact) mass is 1450 g/mol. The van der Waals surface area contributed by atoms with Crippen LogP contribution in [0.5, 0.6) is 0 Å². The van der Waals surface area contributed by atoms with Crippen molar-refractivity contribution in [1.29, 1.82) is 0 Å². The van der Waals surface area contributed by atoms with Gasteiger partial charge in [0.2, 0.25) is 35.4 Å². The van der Waals surface area contributed by atoms with Crippen molar-refractivity contribution in [1.82, 2.24) is 31.9 Å². The molecule has 9 N–H and O–H groups in total. The third kappa shape index (κ3) is 67.8. The van der Waals surface area contributed by atoms with E-state index in [1.54, 1.807) is 0 Å². The van der Waals surface area contributed by atoms with Crippen molar-refractivity contribution in [2.45, 2.75) is 244 Å². The number of nitrogens with two attached hydrogens (primary N) is 1. The van der Waals surface area contributed by atoms with Crippen LogP contribution >= 0.6 is 11.8 Å². The van der Waals surface area contributed by atoms with Gasteiger partial charge in [-0.05, 0) is 45.1 Å². The summed E-state index contributed by atoms with van der Waals surface area (Å²) in [6, 6.07) is -2.76. The van der Waals surface area contributed by atoms with E-state index >= 15 is 0 Å². The van der Waals surface area contributed by atoms with Crippen molar-refractivity contribution >= 4 is 64.9 Å². The minimum Gasteiger partial charge on any atom is -0.462 e. The molecule has 6 amide bonds. The van der Waals surface area contributed by atoms with Gasteiger partial charge in [-0.1, -0.05) is 168 Å². The summed E-state index contributed by atoms with van der Waals surface area (Å²) >= 11 is 1.13. The largest absolute Gasteiger partial charge is 0.462 e. The smallest absolute Gasteiger partial charge is 0.306 e. The van der Waals surface area contributed by atoms with E-state index in [4.69, 9.17) is 53.1 Å². The van der Waals surface area contributed by atoms with E-state index in [0.717, 1.165) is 63.1 Å². The van der Waals surface area contributed by atoms with E-state index < -0.39 is 105 Å². The van der Waals surface area contributed by atoms with Crippen molar-refractivity contribution < 1.29 is 95.6 Å². The first kappa shape index (κ1) is 95.4. The summed E-state index contributed by atoms with van der Waals surface area (Å²) in [5.74, 6) is -5.19. The van der Waals surface area contributed by atoms with Crippen LogP contribution in [0, 0.1) is 0 Å². The Morgan fingerprint density at radius 1 is 0.390 bits per heavy atom. The molecular formula is C72H135N7O20S. The summed E-state index contributed by atoms with van der Waals surface area (Å²) in [5.41, 5.74) is 5.44. The quantitative estimate of drug-likeness (QED) is 0.0229. The minimum atomic E-state index is -1.44. The molecule has 0 bridgehead atoms. The molecule has 0 heterocycles. The van der Waals surface area contributed by atoms with Crippen LogP contribution < -0.4 is 37.6 Å². The zero-order valence-corrected chi connectivity index (χ0v) is 62.5. The Bertz CT molecular complexity index is 2020. The molecule has 0 rings (SSSR count). The number of aliphatic hydroxyl groups excluding tert-OH is 1. The number of unbranched alkanes of at least 4 members (excludes halogenated alkanes) is 24. The maximum absolute atomic E-state index is 13.8. The second-order valence-electron chi connectivity index (χ2n) is 25.0. The molecule has 0 aromatic heterocycles. The van der Waals surface area contributed by atoms with Crippen molar-refractivity contribution in [3.05, 3.63) is 0 Å². The third-order valence-electron chi connectivity index (χ3n) is 15.6. The second-order valence-corrected chi connectivity index (χ2v) is 26.0. The van der Waals surface area contributed by atoms with Crippen molar-refractivity contribution in [3.8, 4) is 0 Å². The van der Waals surface area contributed by atoms with E-state index in [1.165, 1.54) is 116 Å². The molecule has 0 aliphatic rings. The fourth-order valence-electron chi connectivity index (χ4n) is 9.89. The first-order valence-corrected chi connectivity index (χ1v) is 38.9. The molecule has 3 atom stereocenters. The summed E-state index contributed by atoms with van der Waals surface area (Å²) in [5, 5.41) is 25.4. The lowest BCUT2D eigenvalue weighted by Crippen LogP contribution is -2.53. The topological polar surface area (TPSA) is 364 Å². The van der Waals surface area contributed by atoms with E-state index in [-0.39, 0.29) is 50.0 Å². The lowest BCUT2D eigenvalue weighted by molar-refractivity contribution is -0.157. The van der Waals surface area contributed by atoms with Crippen LogP contribution in [0.2, 0.25) is 0 Å². The Hall–Kier alpha value is -4.62. The molecule has 0 aromatic rings. The molecule has 0 aliphatic carbocycles. The molecule has 28 heteroatoms. The molecule has 0 aromatic carbocycles. The Balaban J connectivity index is 5.59. The molecule has 0 radical (unpaired) electrons. The third-order valence-corrected chi connectivity index (χ3v) is 16.8. The number of rotatable bonds is 77. The van der Waals surface area contributed by atoms with Gasteiger partial charge in [-0.25, -0.2) is 0 Å². The molecule has 0 spiro atoms. The first-order valence-electron chi connectivity index (χ1n) is 37.8. The average Bonchev–Trinajstić information content (AvgIpc) is 1.07. The molecule has 0 saturated carbocycles. The Morgan fingerprint density at radius 2 is 0.770 bits per heavy atom. The van der Waals surface area contributed by atoms with Crippen LogP contribution in [0.1, 0.15) is 226 Å². The number of thioether (sulfide) groups is 1. The lowest BCUT2D eigenvalue weighted by Gasteiger charge is -2.21. The molecule has 0 aliphatic heterocycles. The highest BCUT2D eigenvalue weighted by Crippen LogP contribution is 2.17. The van der Waals surface area contributed by atoms with Gasteiger partial charge in [0.25, 0.3) is 0 Å². The highest BCUT2D eigenvalue weighted by molar-refractivity contribution is 7.99. The summed E-state index contributed by atoms with van der Waals surface area (Å²) < 4.78 is 55.0. The molecule has 0 unspecified atom stereocenters. The molecule has 0 saturated heterocycles. The standard InChI is InChI=1S/C72H135N7O20S/c1-4-6-8-10-12-14-16-18-20-22-24-26-28-34-70(87)98-54-62(99-71(88)35-29-27-25-23-21-19-17-15-13-11-9-7-5-2)59-100-60-64(79-69(86)58-97-57-68(85)76-39-33-43-93-47-51-95-49-45-91-41-31-37-74-61(3)81)72(89)77-52-66(83)78-63(53-80)65(82)55-96-56-67(84)75-38-32-42-92-46-50-94-48-44-90-40-30-36-73/h62-64,80H,4-60,73H2,1-3H3,(H,74,81)(H,75,84)(H,76,85)(H,77,89)(H,78,83)(H,79,86)/t62-,63-,64+/m1/s1. The maximum Gasteiger partial charge on any atom is 0.306 e. The van der Waals surface area contributed by atoms with E-state index in [9.17, 15) is 48.3 Å². The van der Waals surface area contributed by atoms with Crippen LogP contribution in [0.15, 0.2) is 0 Å². The summed E-state index contributed by atoms with van der Waals surface area (Å²) in [6.07, 6.45) is 32.1. The maximum atomic E-state index is 13.8. The second kappa shape index (κ2) is 74.1. The number of hydrogen-bond donors (Lipinski definition) is 8. The summed E-state index contributed by atoms with van der Waals surface area (Å²) in [7, 11) is 0. The zero-order chi connectivity index (χ0) is 73.3. The predicted molar refractivity (Wildman–Crippen MR) is 387 cm³/mol. The number of ether oxygens (including phenoxy) is 10. The first-order chi connectivity index (χ1) is 48.8. The summed E-state index contributed by atoms with van der Waals surface area (Å²) in [4.78, 5) is 115. The van der Waals surface area contributed by atoms with Crippen LogP contribution in [-0.4, -0.2) is 240 Å². The lowest BCUT2D eigenvalue weighted by atomic mass is 10.0. The molecular weight excluding hydrogens is 1310 g/mol. The van der Waals surface area contributed by atoms with Gasteiger partial charge in [-0.2, -0.15) is 11.8 Å². The molecule has 100 heavy (non-hydrogen) atoms. The number of carbonyl (C=O) groups is 9. The number of aliphatic hydroxyl groups is 1. The number of carbonyl (C=O) groups excluding carboxylic acids is 9. The fourth-order valence-corrected chi connectivity index (χ4v) is 10.9. The van der Waals surface area contributed by atoms with Crippen LogP contribution in [0.3, 0.4) is 0 Å². The zero-order valence-electron chi connectivity index (χ0n) is 61.7. The molecule has 27 nitrogen and oxygen atoms in total. The highest BCUT2D eigenvalue weighted by atomic mass is 32.2. The van der Waals surface area contributed by atoms with Gasteiger partial charge in [0.05, 0.1) is 66.0 Å². The average molecular weight is 1450 g/mol. The van der Waals surface area contributed by atoms with Crippen molar-refractivity contribution in [2.24, 2.45) is 5.73 Å².